The van der Waals surface area contributed by atoms with Gasteiger partial charge in [-0.05, 0) is 31.3 Å². The molecule has 0 radical (unpaired) electrons. The van der Waals surface area contributed by atoms with Crippen molar-refractivity contribution in [1.82, 2.24) is 4.90 Å². The normalized spacial score (nSPS) is 11.9. The molecule has 0 aromatic heterocycles. The second-order valence-electron chi connectivity index (χ2n) is 5.66. The molecule has 0 bridgehead atoms. The highest BCUT2D eigenvalue weighted by Crippen LogP contribution is 2.21. The highest BCUT2D eigenvalue weighted by molar-refractivity contribution is 5.69. The number of esters is 1. The third kappa shape index (κ3) is 10.3. The lowest BCUT2D eigenvalue weighted by atomic mass is 9.90. The maximum Gasteiger partial charge on any atom is 0.305 e. The van der Waals surface area contributed by atoms with Crippen LogP contribution in [-0.2, 0) is 9.53 Å². The van der Waals surface area contributed by atoms with E-state index >= 15 is 0 Å². The van der Waals surface area contributed by atoms with Crippen LogP contribution < -0.4 is 0 Å². The molecule has 0 unspecified atom stereocenters. The summed E-state index contributed by atoms with van der Waals surface area (Å²) in [5, 5.41) is 0. The number of nitrogens with zero attached hydrogens (tertiary/aromatic N) is 1. The summed E-state index contributed by atoms with van der Waals surface area (Å²) in [6.45, 7) is 14.2. The van der Waals surface area contributed by atoms with E-state index in [-0.39, 0.29) is 5.97 Å². The molecule has 3 nitrogen and oxygen atoms in total. The maximum absolute atomic E-state index is 11.4. The average Bonchev–Trinajstić information content (AvgIpc) is 2.22. The van der Waals surface area contributed by atoms with Gasteiger partial charge in [0.25, 0.3) is 0 Å². The Balaban J connectivity index is 3.53. The summed E-state index contributed by atoms with van der Waals surface area (Å²) in [6, 6.07) is 0. The van der Waals surface area contributed by atoms with Gasteiger partial charge in [-0.15, -0.1) is 0 Å². The lowest BCUT2D eigenvalue weighted by molar-refractivity contribution is -0.144. The summed E-state index contributed by atoms with van der Waals surface area (Å²) >= 11 is 0. The van der Waals surface area contributed by atoms with Crippen LogP contribution in [0.15, 0.2) is 0 Å². The lowest BCUT2D eigenvalue weighted by Crippen LogP contribution is -2.27. The summed E-state index contributed by atoms with van der Waals surface area (Å²) in [5.41, 5.74) is 0.307. The van der Waals surface area contributed by atoms with Crippen LogP contribution in [0.4, 0.5) is 0 Å². The molecule has 3 heteroatoms. The van der Waals surface area contributed by atoms with Crippen molar-refractivity contribution >= 4 is 5.97 Å². The van der Waals surface area contributed by atoms with Crippen LogP contribution in [0, 0.1) is 5.41 Å². The number of hydrogen-bond acceptors (Lipinski definition) is 3. The number of hydrogen-bond donors (Lipinski definition) is 0. The zero-order valence-electron chi connectivity index (χ0n) is 12.2. The number of rotatable bonds is 8. The third-order valence-electron chi connectivity index (χ3n) is 2.87. The molecule has 0 N–H and O–H groups in total. The van der Waals surface area contributed by atoms with Gasteiger partial charge in [0.05, 0.1) is 0 Å². The Morgan fingerprint density at radius 3 is 2.24 bits per heavy atom. The molecular weight excluding hydrogens is 214 g/mol. The summed E-state index contributed by atoms with van der Waals surface area (Å²) < 4.78 is 5.21. The van der Waals surface area contributed by atoms with Crippen LogP contribution in [0.1, 0.15) is 53.9 Å². The SMILES string of the molecule is CCN(CC)CCOC(=O)CCCC(C)(C)C. The Morgan fingerprint density at radius 2 is 1.76 bits per heavy atom. The first-order valence-electron chi connectivity index (χ1n) is 6.77. The predicted octanol–water partition coefficient (Wildman–Crippen LogP) is 3.09. The minimum atomic E-state index is -0.0543. The first-order valence-corrected chi connectivity index (χ1v) is 6.77. The number of carbonyl (C=O) groups excluding carboxylic acids is 1. The molecule has 0 heterocycles. The maximum atomic E-state index is 11.4. The van der Waals surface area contributed by atoms with Crippen molar-refractivity contribution in [3.05, 3.63) is 0 Å². The van der Waals surface area contributed by atoms with Crippen LogP contribution in [0.25, 0.3) is 0 Å². The number of likely N-dealkylation sites (N-methyl/N-ethyl adjacent to an activating group) is 1. The zero-order chi connectivity index (χ0) is 13.3. The molecule has 0 spiro atoms. The van der Waals surface area contributed by atoms with E-state index in [4.69, 9.17) is 4.74 Å². The van der Waals surface area contributed by atoms with Gasteiger partial charge in [-0.2, -0.15) is 0 Å². The topological polar surface area (TPSA) is 29.5 Å². The summed E-state index contributed by atoms with van der Waals surface area (Å²) in [5.74, 6) is -0.0543. The van der Waals surface area contributed by atoms with Crippen LogP contribution >= 0.6 is 0 Å². The van der Waals surface area contributed by atoms with Crippen molar-refractivity contribution in [3.8, 4) is 0 Å². The van der Waals surface area contributed by atoms with Crippen LogP contribution in [-0.4, -0.2) is 37.1 Å². The molecule has 0 saturated heterocycles. The third-order valence-corrected chi connectivity index (χ3v) is 2.87. The van der Waals surface area contributed by atoms with Crippen molar-refractivity contribution in [2.75, 3.05) is 26.2 Å². The molecule has 0 amide bonds. The fraction of sp³-hybridized carbons (Fsp3) is 0.929. The fourth-order valence-corrected chi connectivity index (χ4v) is 1.66. The largest absolute Gasteiger partial charge is 0.464 e. The van der Waals surface area contributed by atoms with E-state index in [1.54, 1.807) is 0 Å². The molecule has 0 atom stereocenters. The van der Waals surface area contributed by atoms with Gasteiger partial charge in [0.1, 0.15) is 6.61 Å². The van der Waals surface area contributed by atoms with Crippen molar-refractivity contribution in [1.29, 1.82) is 0 Å². The van der Waals surface area contributed by atoms with Gasteiger partial charge in [-0.25, -0.2) is 0 Å². The zero-order valence-corrected chi connectivity index (χ0v) is 12.2. The van der Waals surface area contributed by atoms with Gasteiger partial charge in [-0.3, -0.25) is 4.79 Å². The van der Waals surface area contributed by atoms with E-state index in [1.165, 1.54) is 0 Å². The molecule has 0 aromatic rings. The number of ether oxygens (including phenoxy) is 1. The van der Waals surface area contributed by atoms with Crippen molar-refractivity contribution < 1.29 is 9.53 Å². The quantitative estimate of drug-likeness (QED) is 0.614. The first kappa shape index (κ1) is 16.4. The van der Waals surface area contributed by atoms with Gasteiger partial charge in [0, 0.05) is 13.0 Å². The van der Waals surface area contributed by atoms with E-state index in [1.807, 2.05) is 0 Å². The molecule has 0 aliphatic rings. The van der Waals surface area contributed by atoms with Crippen LogP contribution in [0.5, 0.6) is 0 Å². The second-order valence-corrected chi connectivity index (χ2v) is 5.66. The smallest absolute Gasteiger partial charge is 0.305 e. The Bertz CT molecular complexity index is 205. The van der Waals surface area contributed by atoms with E-state index in [0.29, 0.717) is 18.4 Å². The first-order chi connectivity index (χ1) is 7.89. The van der Waals surface area contributed by atoms with E-state index < -0.39 is 0 Å². The van der Waals surface area contributed by atoms with Gasteiger partial charge in [0.2, 0.25) is 0 Å². The van der Waals surface area contributed by atoms with Gasteiger partial charge in [-0.1, -0.05) is 34.6 Å². The minimum Gasteiger partial charge on any atom is -0.464 e. The number of carbonyl (C=O) groups is 1. The molecule has 0 fully saturated rings. The monoisotopic (exact) mass is 243 g/mol. The minimum absolute atomic E-state index is 0.0543. The molecule has 0 saturated carbocycles. The van der Waals surface area contributed by atoms with Crippen molar-refractivity contribution in [3.63, 3.8) is 0 Å². The molecule has 0 aliphatic carbocycles. The molecular formula is C14H29NO2. The fourth-order valence-electron chi connectivity index (χ4n) is 1.66. The molecule has 0 aliphatic heterocycles. The predicted molar refractivity (Wildman–Crippen MR) is 72.1 cm³/mol. The molecule has 0 aromatic carbocycles. The Hall–Kier alpha value is -0.570. The highest BCUT2D eigenvalue weighted by atomic mass is 16.5. The Labute approximate surface area is 107 Å². The van der Waals surface area contributed by atoms with Gasteiger partial charge >= 0.3 is 5.97 Å². The van der Waals surface area contributed by atoms with E-state index in [0.717, 1.165) is 32.5 Å². The Kier molecular flexibility index (Phi) is 8.23. The van der Waals surface area contributed by atoms with E-state index in [2.05, 4.69) is 39.5 Å². The molecule has 17 heavy (non-hydrogen) atoms. The molecule has 102 valence electrons. The lowest BCUT2D eigenvalue weighted by Gasteiger charge is -2.18. The van der Waals surface area contributed by atoms with Gasteiger partial charge < -0.3 is 9.64 Å². The summed E-state index contributed by atoms with van der Waals surface area (Å²) in [4.78, 5) is 13.7. The molecule has 0 rings (SSSR count). The second kappa shape index (κ2) is 8.51. The van der Waals surface area contributed by atoms with Crippen LogP contribution in [0.3, 0.4) is 0 Å². The van der Waals surface area contributed by atoms with Gasteiger partial charge in [0.15, 0.2) is 0 Å². The highest BCUT2D eigenvalue weighted by Gasteiger charge is 2.11. The van der Waals surface area contributed by atoms with Crippen LogP contribution in [0.2, 0.25) is 0 Å². The van der Waals surface area contributed by atoms with E-state index in [9.17, 15) is 4.79 Å². The summed E-state index contributed by atoms with van der Waals surface area (Å²) in [6.07, 6.45) is 2.54. The average molecular weight is 243 g/mol. The Morgan fingerprint density at radius 1 is 1.18 bits per heavy atom. The van der Waals surface area contributed by atoms with Crippen molar-refractivity contribution in [2.24, 2.45) is 5.41 Å². The standard InChI is InChI=1S/C14H29NO2/c1-6-15(7-2)11-12-17-13(16)9-8-10-14(3,4)5/h6-12H2,1-5H3. The summed E-state index contributed by atoms with van der Waals surface area (Å²) in [7, 11) is 0. The van der Waals surface area contributed by atoms with Crippen molar-refractivity contribution in [2.45, 2.75) is 53.9 Å².